The first-order chi connectivity index (χ1) is 9.45. The summed E-state index contributed by atoms with van der Waals surface area (Å²) in [6, 6.07) is -0.815. The maximum absolute atomic E-state index is 11.1. The van der Waals surface area contributed by atoms with Gasteiger partial charge in [-0.05, 0) is 25.8 Å². The molecule has 0 aromatic carbocycles. The Morgan fingerprint density at radius 1 is 1.35 bits per heavy atom. The fourth-order valence-electron chi connectivity index (χ4n) is 2.09. The lowest BCUT2D eigenvalue weighted by Gasteiger charge is -2.20. The molecule has 1 fully saturated rings. The van der Waals surface area contributed by atoms with E-state index in [1.807, 2.05) is 0 Å². The zero-order chi connectivity index (χ0) is 15.1. The van der Waals surface area contributed by atoms with Crippen molar-refractivity contribution in [2.45, 2.75) is 50.5 Å². The summed E-state index contributed by atoms with van der Waals surface area (Å²) in [6.07, 6.45) is 1.28. The summed E-state index contributed by atoms with van der Waals surface area (Å²) in [5.74, 6) is -1.88. The van der Waals surface area contributed by atoms with Crippen molar-refractivity contribution < 1.29 is 24.9 Å². The summed E-state index contributed by atoms with van der Waals surface area (Å²) in [5.41, 5.74) is 5.35. The second-order valence-electron chi connectivity index (χ2n) is 5.00. The molecule has 8 heteroatoms. The predicted octanol–water partition coefficient (Wildman–Crippen LogP) is -1.02. The van der Waals surface area contributed by atoms with E-state index >= 15 is 0 Å². The van der Waals surface area contributed by atoms with Gasteiger partial charge < -0.3 is 21.1 Å². The lowest BCUT2D eigenvalue weighted by molar-refractivity contribution is -0.141. The van der Waals surface area contributed by atoms with Crippen molar-refractivity contribution in [1.82, 2.24) is 10.2 Å². The fraction of sp³-hybridized carbons (Fsp3) is 0.833. The Morgan fingerprint density at radius 3 is 2.60 bits per heavy atom. The van der Waals surface area contributed by atoms with E-state index in [0.717, 1.165) is 6.42 Å². The molecule has 4 atom stereocenters. The quantitative estimate of drug-likeness (QED) is 0.185. The van der Waals surface area contributed by atoms with E-state index in [1.165, 1.54) is 0 Å². The lowest BCUT2D eigenvalue weighted by atomic mass is 10.1. The molecular weight excluding hydrogens is 266 g/mol. The number of nitrogens with two attached hydrogens (primary N) is 1. The molecule has 1 aliphatic rings. The van der Waals surface area contributed by atoms with Gasteiger partial charge in [-0.3, -0.25) is 19.8 Å². The Morgan fingerprint density at radius 2 is 2.05 bits per heavy atom. The van der Waals surface area contributed by atoms with Crippen molar-refractivity contribution in [3.8, 4) is 0 Å². The average Bonchev–Trinajstić information content (AvgIpc) is 3.14. The van der Waals surface area contributed by atoms with Gasteiger partial charge in [0.2, 0.25) is 0 Å². The highest BCUT2D eigenvalue weighted by Crippen LogP contribution is 2.24. The Kier molecular flexibility index (Phi) is 6.86. The minimum Gasteiger partial charge on any atom is -0.481 e. The van der Waals surface area contributed by atoms with E-state index in [0.29, 0.717) is 32.4 Å². The van der Waals surface area contributed by atoms with Crippen molar-refractivity contribution in [3.63, 3.8) is 0 Å². The van der Waals surface area contributed by atoms with Gasteiger partial charge in [-0.2, -0.15) is 0 Å². The van der Waals surface area contributed by atoms with Crippen molar-refractivity contribution >= 4 is 11.9 Å². The average molecular weight is 289 g/mol. The monoisotopic (exact) mass is 289 g/mol. The van der Waals surface area contributed by atoms with E-state index in [-0.39, 0.29) is 12.5 Å². The molecule has 0 aromatic heterocycles. The van der Waals surface area contributed by atoms with Crippen LogP contribution in [0, 0.1) is 0 Å². The molecule has 0 spiro atoms. The van der Waals surface area contributed by atoms with Crippen LogP contribution in [0.5, 0.6) is 0 Å². The molecule has 1 aliphatic heterocycles. The Balaban J connectivity index is 2.30. The third-order valence-electron chi connectivity index (χ3n) is 3.36. The largest absolute Gasteiger partial charge is 0.481 e. The molecular formula is C12H23N3O5. The van der Waals surface area contributed by atoms with Crippen LogP contribution in [0.15, 0.2) is 0 Å². The summed E-state index contributed by atoms with van der Waals surface area (Å²) in [4.78, 5) is 23.1. The van der Waals surface area contributed by atoms with E-state index < -0.39 is 24.3 Å². The molecule has 1 rings (SSSR count). The van der Waals surface area contributed by atoms with Crippen molar-refractivity contribution in [1.29, 1.82) is 0 Å². The number of aliphatic hydroxyl groups excluding tert-OH is 1. The maximum atomic E-state index is 11.1. The Labute approximate surface area is 117 Å². The summed E-state index contributed by atoms with van der Waals surface area (Å²) >= 11 is 0. The van der Waals surface area contributed by atoms with Crippen molar-refractivity contribution in [2.24, 2.45) is 5.73 Å². The highest BCUT2D eigenvalue weighted by molar-refractivity contribution is 5.73. The van der Waals surface area contributed by atoms with Crippen LogP contribution in [-0.4, -0.2) is 63.7 Å². The molecule has 0 amide bonds. The van der Waals surface area contributed by atoms with Gasteiger partial charge in [-0.1, -0.05) is 6.42 Å². The van der Waals surface area contributed by atoms with Gasteiger partial charge >= 0.3 is 11.9 Å². The Hall–Kier alpha value is -1.22. The summed E-state index contributed by atoms with van der Waals surface area (Å²) in [6.45, 7) is 1.09. The van der Waals surface area contributed by atoms with Crippen LogP contribution in [0.4, 0.5) is 0 Å². The summed E-state index contributed by atoms with van der Waals surface area (Å²) in [7, 11) is 0. The molecule has 1 heterocycles. The topological polar surface area (TPSA) is 136 Å². The standard InChI is InChI=1S/C12H23N3O5/c13-6-2-1-3-9(11(18)19)14-12(20)15-7-8(15)4-5-10(16)17/h8-9,12,14,20H,1-7,13H2,(H,16,17)(H,18,19)/t8-,9-,12?,15?/m0/s1. The smallest absolute Gasteiger partial charge is 0.320 e. The second kappa shape index (κ2) is 8.15. The fourth-order valence-corrected chi connectivity index (χ4v) is 2.09. The molecule has 116 valence electrons. The number of nitrogens with one attached hydrogen (secondary N) is 1. The van der Waals surface area contributed by atoms with E-state index in [9.17, 15) is 14.7 Å². The molecule has 0 aromatic rings. The number of nitrogens with zero attached hydrogens (tertiary/aromatic N) is 1. The van der Waals surface area contributed by atoms with Gasteiger partial charge in [-0.25, -0.2) is 0 Å². The number of aliphatic carboxylic acids is 2. The van der Waals surface area contributed by atoms with E-state index in [1.54, 1.807) is 4.90 Å². The van der Waals surface area contributed by atoms with E-state index in [2.05, 4.69) is 5.32 Å². The normalized spacial score (nSPS) is 24.1. The molecule has 8 nitrogen and oxygen atoms in total. The van der Waals surface area contributed by atoms with Gasteiger partial charge in [0.05, 0.1) is 0 Å². The molecule has 20 heavy (non-hydrogen) atoms. The summed E-state index contributed by atoms with van der Waals surface area (Å²) < 4.78 is 0. The molecule has 0 saturated carbocycles. The van der Waals surface area contributed by atoms with Crippen LogP contribution in [0.25, 0.3) is 0 Å². The summed E-state index contributed by atoms with van der Waals surface area (Å²) in [5, 5.41) is 30.2. The minimum atomic E-state index is -1.05. The second-order valence-corrected chi connectivity index (χ2v) is 5.00. The third kappa shape index (κ3) is 5.83. The number of unbranched alkanes of at least 4 members (excludes halogenated alkanes) is 1. The number of rotatable bonds is 11. The van der Waals surface area contributed by atoms with Crippen LogP contribution in [-0.2, 0) is 9.59 Å². The number of hydrogen-bond donors (Lipinski definition) is 5. The zero-order valence-electron chi connectivity index (χ0n) is 11.4. The number of carboxylic acids is 2. The minimum absolute atomic E-state index is 0.00656. The zero-order valence-corrected chi connectivity index (χ0v) is 11.4. The maximum Gasteiger partial charge on any atom is 0.320 e. The Bertz CT molecular complexity index is 339. The first kappa shape index (κ1) is 16.8. The van der Waals surface area contributed by atoms with Gasteiger partial charge in [0.1, 0.15) is 6.04 Å². The number of carboxylic acid groups (broad SMARTS) is 2. The van der Waals surface area contributed by atoms with Crippen LogP contribution >= 0.6 is 0 Å². The SMILES string of the molecule is NCCCC[C@H](NC(O)N1C[C@@H]1CCC(=O)O)C(=O)O. The van der Waals surface area contributed by atoms with Crippen LogP contribution in [0.3, 0.4) is 0 Å². The molecule has 2 unspecified atom stereocenters. The number of hydrogen-bond acceptors (Lipinski definition) is 6. The molecule has 6 N–H and O–H groups in total. The number of carbonyl (C=O) groups is 2. The van der Waals surface area contributed by atoms with Crippen molar-refractivity contribution in [3.05, 3.63) is 0 Å². The van der Waals surface area contributed by atoms with E-state index in [4.69, 9.17) is 15.9 Å². The molecule has 1 saturated heterocycles. The van der Waals surface area contributed by atoms with Gasteiger partial charge in [0.15, 0.2) is 6.35 Å². The van der Waals surface area contributed by atoms with Crippen LogP contribution < -0.4 is 11.1 Å². The first-order valence-corrected chi connectivity index (χ1v) is 6.80. The van der Waals surface area contributed by atoms with Crippen LogP contribution in [0.2, 0.25) is 0 Å². The molecule has 0 bridgehead atoms. The molecule has 0 aliphatic carbocycles. The predicted molar refractivity (Wildman–Crippen MR) is 70.8 cm³/mol. The first-order valence-electron chi connectivity index (χ1n) is 6.80. The van der Waals surface area contributed by atoms with Crippen molar-refractivity contribution in [2.75, 3.05) is 13.1 Å². The van der Waals surface area contributed by atoms with Gasteiger partial charge in [0.25, 0.3) is 0 Å². The lowest BCUT2D eigenvalue weighted by Crippen LogP contribution is -2.47. The highest BCUT2D eigenvalue weighted by atomic mass is 16.4. The number of aliphatic hydroxyl groups is 1. The van der Waals surface area contributed by atoms with Gasteiger partial charge in [-0.15, -0.1) is 0 Å². The van der Waals surface area contributed by atoms with Gasteiger partial charge in [0, 0.05) is 19.0 Å². The van der Waals surface area contributed by atoms with Crippen LogP contribution in [0.1, 0.15) is 32.1 Å². The third-order valence-corrected chi connectivity index (χ3v) is 3.36. The molecule has 0 radical (unpaired) electrons. The highest BCUT2D eigenvalue weighted by Gasteiger charge is 2.40.